The molecule has 2 heterocycles. The van der Waals surface area contributed by atoms with E-state index >= 15 is 0 Å². The van der Waals surface area contributed by atoms with Crippen molar-refractivity contribution in [3.05, 3.63) is 42.0 Å². The van der Waals surface area contributed by atoms with Crippen LogP contribution < -0.4 is 10.1 Å². The highest BCUT2D eigenvalue weighted by atomic mass is 16.5. The number of hydrogen-bond acceptors (Lipinski definition) is 4. The smallest absolute Gasteiger partial charge is 0.137 e. The van der Waals surface area contributed by atoms with E-state index in [1.54, 1.807) is 10.9 Å². The number of nitrogens with one attached hydrogen (secondary N) is 1. The molecule has 1 N–H and O–H groups in total. The Morgan fingerprint density at radius 1 is 1.44 bits per heavy atom. The molecule has 0 aromatic carbocycles. The Kier molecular flexibility index (Phi) is 3.94. The van der Waals surface area contributed by atoms with Crippen LogP contribution in [0.25, 0.3) is 0 Å². The molecule has 1 atom stereocenters. The van der Waals surface area contributed by atoms with Gasteiger partial charge in [-0.15, -0.1) is 0 Å². The van der Waals surface area contributed by atoms with Gasteiger partial charge in [-0.3, -0.25) is 9.67 Å². The lowest BCUT2D eigenvalue weighted by molar-refractivity contribution is 0.338. The number of aromatic nitrogens is 3. The van der Waals surface area contributed by atoms with Crippen molar-refractivity contribution in [2.75, 3.05) is 13.7 Å². The van der Waals surface area contributed by atoms with Gasteiger partial charge in [0.2, 0.25) is 0 Å². The van der Waals surface area contributed by atoms with Crippen molar-refractivity contribution >= 4 is 0 Å². The van der Waals surface area contributed by atoms with Gasteiger partial charge in [0.1, 0.15) is 5.75 Å². The molecule has 2 rings (SSSR count). The van der Waals surface area contributed by atoms with E-state index < -0.39 is 0 Å². The molecule has 0 radical (unpaired) electrons. The van der Waals surface area contributed by atoms with Gasteiger partial charge in [0.15, 0.2) is 0 Å². The maximum Gasteiger partial charge on any atom is 0.137 e. The summed E-state index contributed by atoms with van der Waals surface area (Å²) in [5.41, 5.74) is 2.01. The third kappa shape index (κ3) is 2.68. The van der Waals surface area contributed by atoms with Gasteiger partial charge in [-0.2, -0.15) is 5.10 Å². The maximum absolute atomic E-state index is 5.47. The molecule has 18 heavy (non-hydrogen) atoms. The van der Waals surface area contributed by atoms with Crippen LogP contribution in [-0.2, 0) is 7.05 Å². The normalized spacial score (nSPS) is 12.4. The van der Waals surface area contributed by atoms with Crippen molar-refractivity contribution in [3.8, 4) is 5.75 Å². The molecule has 0 aliphatic heterocycles. The monoisotopic (exact) mass is 246 g/mol. The van der Waals surface area contributed by atoms with Gasteiger partial charge in [-0.05, 0) is 31.7 Å². The van der Waals surface area contributed by atoms with Crippen LogP contribution in [0.15, 0.2) is 30.7 Å². The summed E-state index contributed by atoms with van der Waals surface area (Å²) in [6, 6.07) is 4.01. The molecule has 0 spiro atoms. The lowest BCUT2D eigenvalue weighted by Gasteiger charge is -2.14. The Labute approximate surface area is 107 Å². The molecule has 0 saturated heterocycles. The predicted octanol–water partition coefficient (Wildman–Crippen LogP) is 1.52. The number of ether oxygens (including phenoxy) is 1. The average Bonchev–Trinajstić information content (AvgIpc) is 2.78. The van der Waals surface area contributed by atoms with E-state index in [4.69, 9.17) is 4.74 Å². The topological polar surface area (TPSA) is 52.0 Å². The number of hydrogen-bond donors (Lipinski definition) is 1. The molecule has 2 aromatic heterocycles. The van der Waals surface area contributed by atoms with Gasteiger partial charge in [0.25, 0.3) is 0 Å². The van der Waals surface area contributed by atoms with E-state index in [0.29, 0.717) is 6.61 Å². The molecule has 0 aliphatic carbocycles. The number of rotatable bonds is 5. The van der Waals surface area contributed by atoms with Gasteiger partial charge in [0, 0.05) is 19.4 Å². The van der Waals surface area contributed by atoms with Gasteiger partial charge >= 0.3 is 0 Å². The van der Waals surface area contributed by atoms with Crippen molar-refractivity contribution in [2.45, 2.75) is 13.0 Å². The lowest BCUT2D eigenvalue weighted by Crippen LogP contribution is -2.18. The molecule has 5 heteroatoms. The van der Waals surface area contributed by atoms with Crippen molar-refractivity contribution < 1.29 is 4.74 Å². The summed E-state index contributed by atoms with van der Waals surface area (Å²) in [4.78, 5) is 4.20. The van der Waals surface area contributed by atoms with Crippen molar-refractivity contribution in [1.82, 2.24) is 20.1 Å². The van der Waals surface area contributed by atoms with Crippen molar-refractivity contribution in [3.63, 3.8) is 0 Å². The van der Waals surface area contributed by atoms with Crippen LogP contribution in [0.4, 0.5) is 0 Å². The zero-order valence-corrected chi connectivity index (χ0v) is 10.9. The number of nitrogens with zero attached hydrogens (tertiary/aromatic N) is 3. The number of pyridine rings is 1. The van der Waals surface area contributed by atoms with Crippen LogP contribution in [-0.4, -0.2) is 28.4 Å². The van der Waals surface area contributed by atoms with Crippen LogP contribution in [0.3, 0.4) is 0 Å². The van der Waals surface area contributed by atoms with Crippen LogP contribution in [0.1, 0.15) is 24.2 Å². The van der Waals surface area contributed by atoms with E-state index in [1.807, 2.05) is 45.5 Å². The zero-order valence-electron chi connectivity index (χ0n) is 10.9. The average molecular weight is 246 g/mol. The molecule has 1 unspecified atom stereocenters. The van der Waals surface area contributed by atoms with Crippen LogP contribution in [0, 0.1) is 0 Å². The SMILES string of the molecule is CCOc1cncc(C(NC)c2ccn(C)n2)c1. The van der Waals surface area contributed by atoms with Gasteiger partial charge < -0.3 is 10.1 Å². The van der Waals surface area contributed by atoms with Gasteiger partial charge in [-0.25, -0.2) is 0 Å². The Morgan fingerprint density at radius 2 is 2.28 bits per heavy atom. The Morgan fingerprint density at radius 3 is 2.89 bits per heavy atom. The standard InChI is InChI=1S/C13H18N4O/c1-4-18-11-7-10(8-15-9-11)13(14-2)12-5-6-17(3)16-12/h5-9,13-14H,4H2,1-3H3. The highest BCUT2D eigenvalue weighted by molar-refractivity contribution is 5.30. The van der Waals surface area contributed by atoms with E-state index in [2.05, 4.69) is 15.4 Å². The fourth-order valence-electron chi connectivity index (χ4n) is 1.91. The second-order valence-corrected chi connectivity index (χ2v) is 4.02. The zero-order chi connectivity index (χ0) is 13.0. The Balaban J connectivity index is 2.29. The van der Waals surface area contributed by atoms with E-state index in [9.17, 15) is 0 Å². The van der Waals surface area contributed by atoms with Crippen molar-refractivity contribution in [1.29, 1.82) is 0 Å². The second-order valence-electron chi connectivity index (χ2n) is 4.02. The summed E-state index contributed by atoms with van der Waals surface area (Å²) >= 11 is 0. The van der Waals surface area contributed by atoms with Crippen LogP contribution >= 0.6 is 0 Å². The first-order valence-corrected chi connectivity index (χ1v) is 5.99. The highest BCUT2D eigenvalue weighted by Crippen LogP contribution is 2.22. The Bertz CT molecular complexity index is 509. The molecule has 5 nitrogen and oxygen atoms in total. The third-order valence-electron chi connectivity index (χ3n) is 2.70. The summed E-state index contributed by atoms with van der Waals surface area (Å²) in [6.07, 6.45) is 5.48. The Hall–Kier alpha value is -1.88. The van der Waals surface area contributed by atoms with Gasteiger partial charge in [-0.1, -0.05) is 0 Å². The van der Waals surface area contributed by atoms with Gasteiger partial charge in [0.05, 0.1) is 24.5 Å². The molecule has 0 bridgehead atoms. The predicted molar refractivity (Wildman–Crippen MR) is 69.5 cm³/mol. The third-order valence-corrected chi connectivity index (χ3v) is 2.70. The summed E-state index contributed by atoms with van der Waals surface area (Å²) in [5.74, 6) is 0.784. The molecule has 0 aliphatic rings. The molecule has 2 aromatic rings. The molecule has 0 saturated carbocycles. The minimum atomic E-state index is 0.0270. The molecule has 0 amide bonds. The first kappa shape index (κ1) is 12.6. The van der Waals surface area contributed by atoms with E-state index in [1.165, 1.54) is 0 Å². The van der Waals surface area contributed by atoms with Crippen LogP contribution in [0.5, 0.6) is 5.75 Å². The quantitative estimate of drug-likeness (QED) is 0.869. The number of aryl methyl sites for hydroxylation is 1. The molecule has 0 fully saturated rings. The molecular formula is C13H18N4O. The molecule has 96 valence electrons. The largest absolute Gasteiger partial charge is 0.492 e. The van der Waals surface area contributed by atoms with E-state index in [-0.39, 0.29) is 6.04 Å². The maximum atomic E-state index is 5.47. The summed E-state index contributed by atoms with van der Waals surface area (Å²) in [6.45, 7) is 2.60. The minimum absolute atomic E-state index is 0.0270. The first-order chi connectivity index (χ1) is 8.74. The van der Waals surface area contributed by atoms with E-state index in [0.717, 1.165) is 17.0 Å². The minimum Gasteiger partial charge on any atom is -0.492 e. The molecular weight excluding hydrogens is 228 g/mol. The summed E-state index contributed by atoms with van der Waals surface area (Å²) in [5, 5.41) is 7.67. The summed E-state index contributed by atoms with van der Waals surface area (Å²) < 4.78 is 7.26. The van der Waals surface area contributed by atoms with Crippen LogP contribution in [0.2, 0.25) is 0 Å². The lowest BCUT2D eigenvalue weighted by atomic mass is 10.1. The fourth-order valence-corrected chi connectivity index (χ4v) is 1.91. The first-order valence-electron chi connectivity index (χ1n) is 5.99. The second kappa shape index (κ2) is 5.64. The summed E-state index contributed by atoms with van der Waals surface area (Å²) in [7, 11) is 3.82. The highest BCUT2D eigenvalue weighted by Gasteiger charge is 2.15. The fraction of sp³-hybridized carbons (Fsp3) is 0.385. The van der Waals surface area contributed by atoms with Crippen molar-refractivity contribution in [2.24, 2.45) is 7.05 Å².